The molecule has 1 fully saturated rings. The number of morpholine rings is 1. The van der Waals surface area contributed by atoms with Gasteiger partial charge in [-0.3, -0.25) is 4.79 Å². The van der Waals surface area contributed by atoms with E-state index in [1.807, 2.05) is 0 Å². The predicted octanol–water partition coefficient (Wildman–Crippen LogP) is 0.0896. The Hall–Kier alpha value is -1.95. The highest BCUT2D eigenvalue weighted by Crippen LogP contribution is 2.66. The van der Waals surface area contributed by atoms with Crippen LogP contribution in [0.2, 0.25) is 0 Å². The van der Waals surface area contributed by atoms with Crippen molar-refractivity contribution in [1.29, 1.82) is 0 Å². The lowest BCUT2D eigenvalue weighted by atomic mass is 10.4. The molecule has 3 rings (SSSR count). The first-order chi connectivity index (χ1) is 12.0. The van der Waals surface area contributed by atoms with Crippen molar-refractivity contribution in [3.05, 3.63) is 36.7 Å². The molecule has 9 nitrogen and oxygen atoms in total. The average molecular weight is 385 g/mol. The van der Waals surface area contributed by atoms with Crippen LogP contribution in [0, 0.1) is 0 Å². The molecule has 0 aliphatic carbocycles. The molecule has 2 aromatic rings. The lowest BCUT2D eigenvalue weighted by molar-refractivity contribution is -0.115. The second kappa shape index (κ2) is 7.12. The minimum Gasteiger partial charge on any atom is -0.379 e. The van der Waals surface area contributed by atoms with Crippen LogP contribution in [0.25, 0.3) is 0 Å². The van der Waals surface area contributed by atoms with Crippen LogP contribution in [0.4, 0.5) is 0 Å². The quantitative estimate of drug-likeness (QED) is 0.678. The van der Waals surface area contributed by atoms with Crippen LogP contribution in [0.15, 0.2) is 46.7 Å². The summed E-state index contributed by atoms with van der Waals surface area (Å²) in [7, 11) is -6.90. The van der Waals surface area contributed by atoms with Gasteiger partial charge in [0.15, 0.2) is 5.16 Å². The molecule has 0 spiro atoms. The summed E-state index contributed by atoms with van der Waals surface area (Å²) in [6.07, 6.45) is 1.30. The van der Waals surface area contributed by atoms with Gasteiger partial charge in [-0.05, 0) is 21.2 Å². The number of ether oxygens (including phenoxy) is 1. The van der Waals surface area contributed by atoms with Gasteiger partial charge in [0.1, 0.15) is 6.33 Å². The molecule has 0 saturated carbocycles. The highest BCUT2D eigenvalue weighted by atomic mass is 33.2. The third-order valence-electron chi connectivity index (χ3n) is 3.82. The summed E-state index contributed by atoms with van der Waals surface area (Å²) < 4.78 is 33.9. The van der Waals surface area contributed by atoms with E-state index in [2.05, 4.69) is 15.2 Å². The number of amides is 1. The van der Waals surface area contributed by atoms with Crippen molar-refractivity contribution in [3.63, 3.8) is 0 Å². The molecule has 25 heavy (non-hydrogen) atoms. The summed E-state index contributed by atoms with van der Waals surface area (Å²) in [4.78, 5) is 15.2. The summed E-state index contributed by atoms with van der Waals surface area (Å²) in [5, 5.41) is 7.84. The smallest absolute Gasteiger partial charge is 0.261 e. The minimum atomic E-state index is -3.95. The van der Waals surface area contributed by atoms with E-state index in [-0.39, 0.29) is 24.0 Å². The van der Waals surface area contributed by atoms with Crippen molar-refractivity contribution in [2.45, 2.75) is 10.1 Å². The van der Waals surface area contributed by atoms with E-state index in [0.29, 0.717) is 18.1 Å². The molecule has 136 valence electrons. The van der Waals surface area contributed by atoms with Gasteiger partial charge in [-0.1, -0.05) is 18.2 Å². The number of carbonyl (C=O) groups is 1. The number of nitrogens with zero attached hydrogens (tertiary/aromatic N) is 3. The lowest BCUT2D eigenvalue weighted by Crippen LogP contribution is -2.44. The number of benzene rings is 1. The molecule has 1 saturated heterocycles. The second-order valence-corrected chi connectivity index (χ2v) is 12.2. The number of nitrogens with two attached hydrogens (primary N) is 1. The molecule has 1 aliphatic rings. The van der Waals surface area contributed by atoms with Crippen molar-refractivity contribution in [3.8, 4) is 0 Å². The zero-order valence-corrected chi connectivity index (χ0v) is 15.0. The highest BCUT2D eigenvalue weighted by molar-refractivity contribution is 8.89. The summed E-state index contributed by atoms with van der Waals surface area (Å²) in [5.41, 5.74) is 5.46. The van der Waals surface area contributed by atoms with Gasteiger partial charge in [0.2, 0.25) is 5.91 Å². The fourth-order valence-electron chi connectivity index (χ4n) is 2.71. The zero-order valence-electron chi connectivity index (χ0n) is 13.4. The molecule has 1 aromatic carbocycles. The number of H-pyrrole nitrogens is 1. The van der Waals surface area contributed by atoms with Crippen LogP contribution < -0.4 is 5.73 Å². The van der Waals surface area contributed by atoms with E-state index in [1.165, 1.54) is 10.6 Å². The molecule has 1 atom stereocenters. The highest BCUT2D eigenvalue weighted by Gasteiger charge is 2.49. The Morgan fingerprint density at radius 2 is 1.92 bits per heavy atom. The van der Waals surface area contributed by atoms with Crippen molar-refractivity contribution >= 4 is 24.0 Å². The van der Waals surface area contributed by atoms with Crippen LogP contribution >= 0.6 is 9.06 Å². The minimum absolute atomic E-state index is 0.143. The molecule has 1 aliphatic heterocycles. The Bertz CT molecular complexity index is 822. The molecule has 1 aromatic heterocycles. The molecular formula is C14H19N5O4S2. The predicted molar refractivity (Wildman–Crippen MR) is 92.3 cm³/mol. The molecule has 0 radical (unpaired) electrons. The van der Waals surface area contributed by atoms with Gasteiger partial charge in [-0.15, -0.1) is 10.2 Å². The fraction of sp³-hybridized carbons (Fsp3) is 0.357. The Balaban J connectivity index is 2.25. The van der Waals surface area contributed by atoms with E-state index in [9.17, 15) is 13.2 Å². The van der Waals surface area contributed by atoms with E-state index in [1.54, 1.807) is 30.3 Å². The third-order valence-corrected chi connectivity index (χ3v) is 12.3. The number of rotatable bonds is 6. The fourth-order valence-corrected chi connectivity index (χ4v) is 10.4. The number of hydrogen-bond acceptors (Lipinski definition) is 6. The second-order valence-electron chi connectivity index (χ2n) is 5.36. The van der Waals surface area contributed by atoms with Gasteiger partial charge in [0.25, 0.3) is 9.06 Å². The maximum Gasteiger partial charge on any atom is 0.261 e. The maximum absolute atomic E-state index is 13.7. The standard InChI is InChI=1S/C14H19N5O4S2/c15-13(20)10-24(14-16-11-17-18-14,12-4-2-1-3-5-12)25(21,22)19-6-8-23-9-7-19/h1-5,11H,6-10H2,(H2,15,20)(H,16,17,18). The van der Waals surface area contributed by atoms with Gasteiger partial charge in [-0.25, -0.2) is 8.42 Å². The number of nitrogens with one attached hydrogen (secondary N) is 1. The van der Waals surface area contributed by atoms with Gasteiger partial charge in [0, 0.05) is 18.0 Å². The normalized spacial score (nSPS) is 19.8. The molecule has 11 heteroatoms. The van der Waals surface area contributed by atoms with Crippen molar-refractivity contribution in [2.75, 3.05) is 32.1 Å². The van der Waals surface area contributed by atoms with Crippen LogP contribution in [-0.4, -0.2) is 65.9 Å². The molecular weight excluding hydrogens is 366 g/mol. The van der Waals surface area contributed by atoms with Crippen molar-refractivity contribution in [2.24, 2.45) is 5.73 Å². The first kappa shape index (κ1) is 17.9. The Morgan fingerprint density at radius 3 is 2.48 bits per heavy atom. The maximum atomic E-state index is 13.7. The van der Waals surface area contributed by atoms with Crippen molar-refractivity contribution < 1.29 is 17.9 Å². The number of carbonyl (C=O) groups excluding carboxylic acids is 1. The van der Waals surface area contributed by atoms with E-state index >= 15 is 0 Å². The van der Waals surface area contributed by atoms with E-state index < -0.39 is 24.0 Å². The monoisotopic (exact) mass is 385 g/mol. The number of aromatic amines is 1. The lowest BCUT2D eigenvalue weighted by Gasteiger charge is -2.40. The number of aromatic nitrogens is 3. The van der Waals surface area contributed by atoms with E-state index in [0.717, 1.165) is 0 Å². The van der Waals surface area contributed by atoms with Gasteiger partial charge >= 0.3 is 0 Å². The topological polar surface area (TPSA) is 131 Å². The van der Waals surface area contributed by atoms with Gasteiger partial charge < -0.3 is 15.5 Å². The summed E-state index contributed by atoms with van der Waals surface area (Å²) >= 11 is 0. The van der Waals surface area contributed by atoms with E-state index in [4.69, 9.17) is 10.5 Å². The first-order valence-corrected chi connectivity index (χ1v) is 11.3. The molecule has 1 unspecified atom stereocenters. The number of hydrogen-bond donors (Lipinski definition) is 2. The largest absolute Gasteiger partial charge is 0.379 e. The third kappa shape index (κ3) is 3.15. The molecule has 0 bridgehead atoms. The zero-order chi connectivity index (χ0) is 17.9. The van der Waals surface area contributed by atoms with Gasteiger partial charge in [-0.2, -0.15) is 4.31 Å². The summed E-state index contributed by atoms with van der Waals surface area (Å²) in [6.45, 7) is 1.04. The van der Waals surface area contributed by atoms with Crippen molar-refractivity contribution in [1.82, 2.24) is 19.5 Å². The Kier molecular flexibility index (Phi) is 5.08. The van der Waals surface area contributed by atoms with Gasteiger partial charge in [0.05, 0.1) is 19.0 Å². The average Bonchev–Trinajstić information content (AvgIpc) is 3.15. The molecule has 2 heterocycles. The summed E-state index contributed by atoms with van der Waals surface area (Å²) in [6, 6.07) is 8.59. The van der Waals surface area contributed by atoms with Crippen LogP contribution in [-0.2, 0) is 18.6 Å². The Labute approximate surface area is 146 Å². The SMILES string of the molecule is NC(=O)CS(c1ccccc1)(c1nnc[nH]1)S(=O)(=O)N1CCOCC1. The van der Waals surface area contributed by atoms with Crippen LogP contribution in [0.5, 0.6) is 0 Å². The summed E-state index contributed by atoms with van der Waals surface area (Å²) in [5.74, 6) is -1.08. The molecule has 3 N–H and O–H groups in total. The first-order valence-electron chi connectivity index (χ1n) is 7.57. The molecule has 1 amide bonds. The number of primary amides is 1. The Morgan fingerprint density at radius 1 is 1.24 bits per heavy atom. The van der Waals surface area contributed by atoms with Crippen LogP contribution in [0.1, 0.15) is 0 Å². The van der Waals surface area contributed by atoms with Crippen LogP contribution in [0.3, 0.4) is 0 Å².